The summed E-state index contributed by atoms with van der Waals surface area (Å²) in [5.41, 5.74) is 1.24. The maximum absolute atomic E-state index is 10.4. The standard InChI is InChI=1S/C14H20N4O3Si/c1-22(2,3)9-8-21-11-17-6-4-12-13(5-7-18(19)20)15-10-16-14(12)17/h4-7,10H,8-9,11H2,1-3H3/b7-5-. The Balaban J connectivity index is 2.09. The van der Waals surface area contributed by atoms with E-state index in [0.717, 1.165) is 24.2 Å². The van der Waals surface area contributed by atoms with Crippen LogP contribution in [0.15, 0.2) is 24.8 Å². The molecule has 0 bridgehead atoms. The number of hydrogen-bond acceptors (Lipinski definition) is 5. The second kappa shape index (κ2) is 6.80. The average Bonchev–Trinajstić information content (AvgIpc) is 2.84. The van der Waals surface area contributed by atoms with Gasteiger partial charge in [-0.05, 0) is 12.1 Å². The zero-order valence-corrected chi connectivity index (χ0v) is 14.0. The first kappa shape index (κ1) is 16.3. The molecule has 118 valence electrons. The fourth-order valence-electron chi connectivity index (χ4n) is 1.93. The first-order chi connectivity index (χ1) is 10.4. The summed E-state index contributed by atoms with van der Waals surface area (Å²) in [6, 6.07) is 2.95. The SMILES string of the molecule is C[Si](C)(C)CCOCn1ccc2c(/C=C\[N+](=O)[O-])ncnc21. The maximum Gasteiger partial charge on any atom is 0.236 e. The summed E-state index contributed by atoms with van der Waals surface area (Å²) in [5.74, 6) is 0. The minimum absolute atomic E-state index is 0.420. The topological polar surface area (TPSA) is 83.1 Å². The van der Waals surface area contributed by atoms with Crippen molar-refractivity contribution in [1.82, 2.24) is 14.5 Å². The third kappa shape index (κ3) is 4.47. The molecule has 0 aromatic carbocycles. The van der Waals surface area contributed by atoms with Gasteiger partial charge in [0.2, 0.25) is 6.20 Å². The van der Waals surface area contributed by atoms with Crippen LogP contribution in [0.3, 0.4) is 0 Å². The average molecular weight is 320 g/mol. The number of nitrogens with zero attached hydrogens (tertiary/aromatic N) is 4. The summed E-state index contributed by atoms with van der Waals surface area (Å²) in [5, 5.41) is 11.2. The van der Waals surface area contributed by atoms with Gasteiger partial charge in [-0.3, -0.25) is 10.1 Å². The molecule has 2 aromatic heterocycles. The Bertz CT molecular complexity index is 691. The summed E-state index contributed by atoms with van der Waals surface area (Å²) in [7, 11) is -1.10. The van der Waals surface area contributed by atoms with Crippen LogP contribution in [-0.2, 0) is 11.5 Å². The molecular formula is C14H20N4O3Si. The highest BCUT2D eigenvalue weighted by molar-refractivity contribution is 6.76. The first-order valence-corrected chi connectivity index (χ1v) is 10.8. The second-order valence-corrected chi connectivity index (χ2v) is 11.9. The van der Waals surface area contributed by atoms with E-state index in [1.54, 1.807) is 0 Å². The number of fused-ring (bicyclic) bond motifs is 1. The molecule has 2 rings (SSSR count). The second-order valence-electron chi connectivity index (χ2n) is 6.23. The van der Waals surface area contributed by atoms with Crippen molar-refractivity contribution in [2.45, 2.75) is 32.4 Å². The van der Waals surface area contributed by atoms with Gasteiger partial charge in [-0.25, -0.2) is 9.97 Å². The molecule has 0 aliphatic carbocycles. The fourth-order valence-corrected chi connectivity index (χ4v) is 2.69. The molecule has 0 aliphatic heterocycles. The van der Waals surface area contributed by atoms with Gasteiger partial charge in [-0.15, -0.1) is 0 Å². The largest absolute Gasteiger partial charge is 0.361 e. The van der Waals surface area contributed by atoms with E-state index in [2.05, 4.69) is 29.6 Å². The Morgan fingerprint density at radius 1 is 1.41 bits per heavy atom. The molecule has 8 heteroatoms. The quantitative estimate of drug-likeness (QED) is 0.339. The van der Waals surface area contributed by atoms with Crippen LogP contribution in [0.4, 0.5) is 0 Å². The van der Waals surface area contributed by atoms with Crippen LogP contribution in [0.25, 0.3) is 17.1 Å². The summed E-state index contributed by atoms with van der Waals surface area (Å²) in [4.78, 5) is 18.2. The highest BCUT2D eigenvalue weighted by Gasteiger charge is 2.12. The van der Waals surface area contributed by atoms with Crippen molar-refractivity contribution in [2.75, 3.05) is 6.61 Å². The van der Waals surface area contributed by atoms with E-state index >= 15 is 0 Å². The lowest BCUT2D eigenvalue weighted by Gasteiger charge is -2.15. The summed E-state index contributed by atoms with van der Waals surface area (Å²) in [6.07, 6.45) is 5.52. The van der Waals surface area contributed by atoms with Crippen molar-refractivity contribution in [2.24, 2.45) is 0 Å². The van der Waals surface area contributed by atoms with Gasteiger partial charge in [0, 0.05) is 32.3 Å². The van der Waals surface area contributed by atoms with Gasteiger partial charge in [0.25, 0.3) is 0 Å². The van der Waals surface area contributed by atoms with Crippen LogP contribution < -0.4 is 0 Å². The van der Waals surface area contributed by atoms with E-state index in [0.29, 0.717) is 18.1 Å². The molecule has 7 nitrogen and oxygen atoms in total. The smallest absolute Gasteiger partial charge is 0.236 e. The van der Waals surface area contributed by atoms with E-state index in [9.17, 15) is 10.1 Å². The first-order valence-electron chi connectivity index (χ1n) is 7.06. The van der Waals surface area contributed by atoms with E-state index in [-0.39, 0.29) is 0 Å². The fraction of sp³-hybridized carbons (Fsp3) is 0.429. The van der Waals surface area contributed by atoms with Crippen LogP contribution in [0, 0.1) is 10.1 Å². The highest BCUT2D eigenvalue weighted by Crippen LogP contribution is 2.17. The highest BCUT2D eigenvalue weighted by atomic mass is 28.3. The van der Waals surface area contributed by atoms with Gasteiger partial charge in [0.1, 0.15) is 18.7 Å². The number of rotatable bonds is 7. The van der Waals surface area contributed by atoms with Crippen LogP contribution in [0.2, 0.25) is 25.7 Å². The van der Waals surface area contributed by atoms with Crippen LogP contribution in [0.5, 0.6) is 0 Å². The summed E-state index contributed by atoms with van der Waals surface area (Å²) >= 11 is 0. The molecule has 2 aromatic rings. The molecule has 0 radical (unpaired) electrons. The van der Waals surface area contributed by atoms with E-state index in [1.165, 1.54) is 12.4 Å². The maximum atomic E-state index is 10.4. The minimum Gasteiger partial charge on any atom is -0.361 e. The lowest BCUT2D eigenvalue weighted by molar-refractivity contribution is -0.400. The normalized spacial score (nSPS) is 12.3. The van der Waals surface area contributed by atoms with E-state index in [1.807, 2.05) is 16.8 Å². The Morgan fingerprint density at radius 2 is 2.18 bits per heavy atom. The third-order valence-electron chi connectivity index (χ3n) is 3.17. The molecule has 0 N–H and O–H groups in total. The molecule has 0 spiro atoms. The van der Waals surface area contributed by atoms with Crippen molar-refractivity contribution in [3.05, 3.63) is 40.6 Å². The molecule has 0 aliphatic rings. The number of nitro groups is 1. The molecule has 2 heterocycles. The molecular weight excluding hydrogens is 300 g/mol. The predicted molar refractivity (Wildman–Crippen MR) is 87.7 cm³/mol. The number of hydrogen-bond donors (Lipinski definition) is 0. The van der Waals surface area contributed by atoms with Gasteiger partial charge in [0.15, 0.2) is 0 Å². The van der Waals surface area contributed by atoms with Gasteiger partial charge < -0.3 is 9.30 Å². The van der Waals surface area contributed by atoms with Crippen LogP contribution in [0.1, 0.15) is 5.69 Å². The van der Waals surface area contributed by atoms with E-state index < -0.39 is 13.0 Å². The zero-order valence-electron chi connectivity index (χ0n) is 13.0. The number of ether oxygens (including phenoxy) is 1. The molecule has 0 fully saturated rings. The zero-order chi connectivity index (χ0) is 16.2. The third-order valence-corrected chi connectivity index (χ3v) is 4.87. The van der Waals surface area contributed by atoms with Crippen molar-refractivity contribution in [1.29, 1.82) is 0 Å². The molecule has 0 amide bonds. The molecule has 0 saturated carbocycles. The van der Waals surface area contributed by atoms with Crippen LogP contribution in [-0.4, -0.2) is 34.1 Å². The lowest BCUT2D eigenvalue weighted by Crippen LogP contribution is -2.22. The Labute approximate surface area is 129 Å². The summed E-state index contributed by atoms with van der Waals surface area (Å²) in [6.45, 7) is 8.08. The van der Waals surface area contributed by atoms with Crippen molar-refractivity contribution >= 4 is 25.2 Å². The minimum atomic E-state index is -1.10. The summed E-state index contributed by atoms with van der Waals surface area (Å²) < 4.78 is 7.59. The molecule has 0 saturated heterocycles. The Kier molecular flexibility index (Phi) is 5.04. The number of aromatic nitrogens is 3. The predicted octanol–water partition coefficient (Wildman–Crippen LogP) is 2.99. The van der Waals surface area contributed by atoms with Gasteiger partial charge >= 0.3 is 0 Å². The lowest BCUT2D eigenvalue weighted by atomic mass is 10.3. The Morgan fingerprint density at radius 3 is 2.86 bits per heavy atom. The van der Waals surface area contributed by atoms with Crippen molar-refractivity contribution < 1.29 is 9.66 Å². The van der Waals surface area contributed by atoms with E-state index in [4.69, 9.17) is 4.74 Å². The molecule has 0 atom stereocenters. The van der Waals surface area contributed by atoms with Gasteiger partial charge in [0.05, 0.1) is 10.6 Å². The van der Waals surface area contributed by atoms with Gasteiger partial charge in [-0.2, -0.15) is 0 Å². The molecule has 22 heavy (non-hydrogen) atoms. The molecule has 0 unspecified atom stereocenters. The van der Waals surface area contributed by atoms with Crippen LogP contribution >= 0.6 is 0 Å². The van der Waals surface area contributed by atoms with Gasteiger partial charge in [-0.1, -0.05) is 19.6 Å². The van der Waals surface area contributed by atoms with Crippen molar-refractivity contribution in [3.8, 4) is 0 Å². The van der Waals surface area contributed by atoms with Crippen molar-refractivity contribution in [3.63, 3.8) is 0 Å². The Hall–Kier alpha value is -2.06. The monoisotopic (exact) mass is 320 g/mol.